The van der Waals surface area contributed by atoms with Crippen LogP contribution in [0.3, 0.4) is 0 Å². The first kappa shape index (κ1) is 20.9. The minimum Gasteiger partial charge on any atom is -0.494 e. The Labute approximate surface area is 182 Å². The first-order valence-electron chi connectivity index (χ1n) is 10.7. The molecule has 0 bridgehead atoms. The number of hydrogen-bond acceptors (Lipinski definition) is 4. The van der Waals surface area contributed by atoms with Crippen LogP contribution in [0.4, 0.5) is 11.4 Å². The molecule has 31 heavy (non-hydrogen) atoms. The zero-order valence-corrected chi connectivity index (χ0v) is 17.5. The number of nitrogens with one attached hydrogen (secondary N) is 1. The number of anilines is 2. The third kappa shape index (κ3) is 5.23. The van der Waals surface area contributed by atoms with Crippen LogP contribution in [0.2, 0.25) is 0 Å². The highest BCUT2D eigenvalue weighted by Gasteiger charge is 2.29. The smallest absolute Gasteiger partial charge is 0.244 e. The quantitative estimate of drug-likeness (QED) is 0.745. The van der Waals surface area contributed by atoms with Crippen LogP contribution in [0.15, 0.2) is 54.6 Å². The summed E-state index contributed by atoms with van der Waals surface area (Å²) in [5, 5.41) is 2.77. The van der Waals surface area contributed by atoms with Crippen molar-refractivity contribution in [1.82, 2.24) is 4.90 Å². The fraction of sp³-hybridized carbons (Fsp3) is 0.375. The number of nitrogens with zero attached hydrogens (tertiary/aromatic N) is 2. The van der Waals surface area contributed by atoms with Crippen molar-refractivity contribution in [3.8, 4) is 5.75 Å². The van der Waals surface area contributed by atoms with Crippen LogP contribution < -0.4 is 15.0 Å². The second kappa shape index (κ2) is 9.64. The lowest BCUT2D eigenvalue weighted by atomic mass is 10.1. The van der Waals surface area contributed by atoms with Gasteiger partial charge in [0.1, 0.15) is 12.3 Å². The maximum atomic E-state index is 12.7. The van der Waals surface area contributed by atoms with Gasteiger partial charge in [-0.2, -0.15) is 0 Å². The highest BCUT2D eigenvalue weighted by atomic mass is 16.5. The number of benzene rings is 2. The Morgan fingerprint density at radius 1 is 1.00 bits per heavy atom. The number of carbonyl (C=O) groups is 3. The average Bonchev–Trinajstić information content (AvgIpc) is 3.26. The predicted molar refractivity (Wildman–Crippen MR) is 118 cm³/mol. The average molecular weight is 421 g/mol. The maximum absolute atomic E-state index is 12.7. The summed E-state index contributed by atoms with van der Waals surface area (Å²) in [4.78, 5) is 40.6. The number of likely N-dealkylation sites (tertiary alicyclic amines) is 1. The fourth-order valence-corrected chi connectivity index (χ4v) is 4.12. The molecule has 2 aliphatic rings. The van der Waals surface area contributed by atoms with Crippen LogP contribution in [0.5, 0.6) is 5.75 Å². The molecular weight excluding hydrogens is 394 g/mol. The molecule has 7 heteroatoms. The summed E-state index contributed by atoms with van der Waals surface area (Å²) in [6.45, 7) is 2.04. The van der Waals surface area contributed by atoms with Crippen molar-refractivity contribution in [2.24, 2.45) is 5.92 Å². The molecular formula is C24H27N3O4. The number of rotatable bonds is 7. The molecule has 0 aliphatic carbocycles. The summed E-state index contributed by atoms with van der Waals surface area (Å²) in [6, 6.07) is 16.9. The summed E-state index contributed by atoms with van der Waals surface area (Å²) < 4.78 is 5.76. The van der Waals surface area contributed by atoms with Crippen molar-refractivity contribution < 1.29 is 19.1 Å². The van der Waals surface area contributed by atoms with Gasteiger partial charge in [-0.15, -0.1) is 0 Å². The van der Waals surface area contributed by atoms with Gasteiger partial charge in [0.25, 0.3) is 0 Å². The third-order valence-corrected chi connectivity index (χ3v) is 5.80. The van der Waals surface area contributed by atoms with Gasteiger partial charge in [0.15, 0.2) is 0 Å². The molecule has 0 aromatic heterocycles. The van der Waals surface area contributed by atoms with Crippen molar-refractivity contribution >= 4 is 29.1 Å². The van der Waals surface area contributed by atoms with E-state index in [0.29, 0.717) is 30.4 Å². The van der Waals surface area contributed by atoms with Crippen LogP contribution >= 0.6 is 0 Å². The summed E-state index contributed by atoms with van der Waals surface area (Å²) >= 11 is 0. The summed E-state index contributed by atoms with van der Waals surface area (Å²) in [7, 11) is 0. The fourth-order valence-electron chi connectivity index (χ4n) is 4.12. The zero-order valence-electron chi connectivity index (χ0n) is 17.5. The van der Waals surface area contributed by atoms with E-state index < -0.39 is 0 Å². The molecule has 0 spiro atoms. The normalized spacial score (nSPS) is 17.8. The highest BCUT2D eigenvalue weighted by molar-refractivity contribution is 6.10. The van der Waals surface area contributed by atoms with E-state index in [2.05, 4.69) is 5.32 Å². The number of para-hydroxylation sites is 3. The van der Waals surface area contributed by atoms with Crippen molar-refractivity contribution in [3.63, 3.8) is 0 Å². The molecule has 3 amide bonds. The van der Waals surface area contributed by atoms with Gasteiger partial charge < -0.3 is 19.9 Å². The molecule has 1 saturated heterocycles. The number of fused-ring (bicyclic) bond motifs is 1. The van der Waals surface area contributed by atoms with Gasteiger partial charge in [0.05, 0.1) is 18.0 Å². The molecule has 7 nitrogen and oxygen atoms in total. The van der Waals surface area contributed by atoms with Crippen LogP contribution in [0, 0.1) is 5.92 Å². The van der Waals surface area contributed by atoms with Crippen LogP contribution in [-0.4, -0.2) is 48.9 Å². The molecule has 2 heterocycles. The molecule has 1 atom stereocenters. The van der Waals surface area contributed by atoms with Gasteiger partial charge in [0.2, 0.25) is 17.7 Å². The lowest BCUT2D eigenvalue weighted by molar-refractivity contribution is -0.132. The van der Waals surface area contributed by atoms with Gasteiger partial charge in [-0.05, 0) is 43.0 Å². The van der Waals surface area contributed by atoms with E-state index in [1.807, 2.05) is 47.4 Å². The van der Waals surface area contributed by atoms with Crippen LogP contribution in [-0.2, 0) is 14.4 Å². The van der Waals surface area contributed by atoms with Gasteiger partial charge in [0, 0.05) is 25.9 Å². The van der Waals surface area contributed by atoms with E-state index in [-0.39, 0.29) is 37.1 Å². The maximum Gasteiger partial charge on any atom is 0.244 e. The van der Waals surface area contributed by atoms with E-state index >= 15 is 0 Å². The molecule has 4 rings (SSSR count). The minimum absolute atomic E-state index is 0.00502. The number of amides is 3. The molecule has 162 valence electrons. The second-order valence-corrected chi connectivity index (χ2v) is 7.99. The first-order valence-corrected chi connectivity index (χ1v) is 10.7. The van der Waals surface area contributed by atoms with E-state index in [4.69, 9.17) is 4.74 Å². The Morgan fingerprint density at radius 2 is 1.74 bits per heavy atom. The lowest BCUT2D eigenvalue weighted by Crippen LogP contribution is -2.42. The Balaban J connectivity index is 1.22. The van der Waals surface area contributed by atoms with Crippen molar-refractivity contribution in [1.29, 1.82) is 0 Å². The monoisotopic (exact) mass is 421 g/mol. The summed E-state index contributed by atoms with van der Waals surface area (Å²) in [5.41, 5.74) is 1.30. The number of ether oxygens (including phenoxy) is 1. The molecule has 0 saturated carbocycles. The molecule has 2 aromatic rings. The molecule has 1 unspecified atom stereocenters. The van der Waals surface area contributed by atoms with Gasteiger partial charge in [-0.1, -0.05) is 30.3 Å². The van der Waals surface area contributed by atoms with Gasteiger partial charge in [-0.25, -0.2) is 0 Å². The zero-order chi connectivity index (χ0) is 21.6. The second-order valence-electron chi connectivity index (χ2n) is 7.99. The van der Waals surface area contributed by atoms with Gasteiger partial charge >= 0.3 is 0 Å². The topological polar surface area (TPSA) is 79.0 Å². The summed E-state index contributed by atoms with van der Waals surface area (Å²) in [5.74, 6) is 0.844. The van der Waals surface area contributed by atoms with Crippen molar-refractivity contribution in [3.05, 3.63) is 54.6 Å². The predicted octanol–water partition coefficient (Wildman–Crippen LogP) is 3.07. The minimum atomic E-state index is -0.224. The van der Waals surface area contributed by atoms with Gasteiger partial charge in [-0.3, -0.25) is 14.4 Å². The van der Waals surface area contributed by atoms with E-state index in [1.165, 1.54) is 4.90 Å². The van der Waals surface area contributed by atoms with E-state index in [0.717, 1.165) is 25.1 Å². The molecule has 0 radical (unpaired) electrons. The largest absolute Gasteiger partial charge is 0.494 e. The number of hydrogen-bond donors (Lipinski definition) is 1. The van der Waals surface area contributed by atoms with Crippen molar-refractivity contribution in [2.45, 2.75) is 25.7 Å². The SMILES string of the molecule is O=C1CN(C(=O)CCC(=O)N2CCC(CCOc3ccccc3)C2)c2ccccc2N1. The highest BCUT2D eigenvalue weighted by Crippen LogP contribution is 2.29. The third-order valence-electron chi connectivity index (χ3n) is 5.80. The van der Waals surface area contributed by atoms with E-state index in [1.54, 1.807) is 12.1 Å². The Bertz CT molecular complexity index is 947. The molecule has 1 N–H and O–H groups in total. The van der Waals surface area contributed by atoms with Crippen LogP contribution in [0.1, 0.15) is 25.7 Å². The molecule has 2 aliphatic heterocycles. The Hall–Kier alpha value is -3.35. The molecule has 1 fully saturated rings. The van der Waals surface area contributed by atoms with E-state index in [9.17, 15) is 14.4 Å². The first-order chi connectivity index (χ1) is 15.1. The Morgan fingerprint density at radius 3 is 2.58 bits per heavy atom. The lowest BCUT2D eigenvalue weighted by Gasteiger charge is -2.29. The standard InChI is InChI=1S/C24H27N3O4/c28-22-17-27(21-9-5-4-8-20(21)25-22)24(30)11-10-23(29)26-14-12-18(16-26)13-15-31-19-6-2-1-3-7-19/h1-9,18H,10-17H2,(H,25,28). The van der Waals surface area contributed by atoms with Crippen LogP contribution in [0.25, 0.3) is 0 Å². The summed E-state index contributed by atoms with van der Waals surface area (Å²) in [6.07, 6.45) is 2.11. The molecule has 2 aromatic carbocycles. The number of carbonyl (C=O) groups excluding carboxylic acids is 3. The van der Waals surface area contributed by atoms with Crippen molar-refractivity contribution in [2.75, 3.05) is 36.5 Å². The Kier molecular flexibility index (Phi) is 6.50.